The second-order valence-corrected chi connectivity index (χ2v) is 8.42. The Morgan fingerprint density at radius 3 is 2.89 bits per heavy atom. The Morgan fingerprint density at radius 1 is 1.30 bits per heavy atom. The van der Waals surface area contributed by atoms with Crippen molar-refractivity contribution in [3.05, 3.63) is 30.1 Å². The zero-order valence-electron chi connectivity index (χ0n) is 16.6. The summed E-state index contributed by atoms with van der Waals surface area (Å²) < 4.78 is 0. The number of carbonyl (C=O) groups is 2. The number of amides is 2. The molecule has 27 heavy (non-hydrogen) atoms. The van der Waals surface area contributed by atoms with Crippen LogP contribution in [0.2, 0.25) is 0 Å². The predicted molar refractivity (Wildman–Crippen MR) is 105 cm³/mol. The van der Waals surface area contributed by atoms with E-state index in [0.29, 0.717) is 19.4 Å². The molecule has 148 valence electrons. The van der Waals surface area contributed by atoms with E-state index in [1.54, 1.807) is 6.20 Å². The van der Waals surface area contributed by atoms with E-state index in [2.05, 4.69) is 15.2 Å². The molecule has 1 atom stereocenters. The molecule has 1 unspecified atom stereocenters. The number of hydrogen-bond acceptors (Lipinski definition) is 4. The summed E-state index contributed by atoms with van der Waals surface area (Å²) in [6, 6.07) is 6.04. The van der Waals surface area contributed by atoms with E-state index >= 15 is 0 Å². The normalized spacial score (nSPS) is 23.8. The van der Waals surface area contributed by atoms with Crippen LogP contribution in [0, 0.1) is 5.41 Å². The van der Waals surface area contributed by atoms with E-state index in [9.17, 15) is 9.59 Å². The van der Waals surface area contributed by atoms with Gasteiger partial charge in [-0.25, -0.2) is 0 Å². The summed E-state index contributed by atoms with van der Waals surface area (Å²) in [7, 11) is 0. The molecule has 3 rings (SSSR count). The van der Waals surface area contributed by atoms with Crippen molar-refractivity contribution in [3.63, 3.8) is 0 Å². The molecule has 1 spiro atoms. The Kier molecular flexibility index (Phi) is 6.47. The molecule has 0 radical (unpaired) electrons. The van der Waals surface area contributed by atoms with Crippen molar-refractivity contribution < 1.29 is 9.59 Å². The van der Waals surface area contributed by atoms with Gasteiger partial charge in [0.1, 0.15) is 0 Å². The van der Waals surface area contributed by atoms with E-state index in [0.717, 1.165) is 51.1 Å². The molecule has 2 aliphatic rings. The van der Waals surface area contributed by atoms with Crippen LogP contribution in [0.25, 0.3) is 0 Å². The van der Waals surface area contributed by atoms with Crippen molar-refractivity contribution in [2.75, 3.05) is 26.2 Å². The third kappa shape index (κ3) is 5.51. The van der Waals surface area contributed by atoms with Gasteiger partial charge in [-0.2, -0.15) is 0 Å². The van der Waals surface area contributed by atoms with Gasteiger partial charge in [0.15, 0.2) is 0 Å². The fourth-order valence-electron chi connectivity index (χ4n) is 4.42. The summed E-state index contributed by atoms with van der Waals surface area (Å²) in [6.45, 7) is 8.20. The van der Waals surface area contributed by atoms with E-state index in [1.807, 2.05) is 36.9 Å². The maximum atomic E-state index is 12.5. The lowest BCUT2D eigenvalue weighted by Gasteiger charge is -2.48. The Balaban J connectivity index is 1.57. The van der Waals surface area contributed by atoms with E-state index < -0.39 is 0 Å². The molecule has 1 aromatic heterocycles. The number of nitrogens with one attached hydrogen (secondary N) is 1. The minimum Gasteiger partial charge on any atom is -0.354 e. The number of piperidine rings is 2. The number of likely N-dealkylation sites (tertiary alicyclic amines) is 2. The second kappa shape index (κ2) is 8.83. The topological polar surface area (TPSA) is 65.5 Å². The van der Waals surface area contributed by atoms with Crippen LogP contribution in [0.4, 0.5) is 0 Å². The summed E-state index contributed by atoms with van der Waals surface area (Å²) >= 11 is 0. The van der Waals surface area contributed by atoms with Gasteiger partial charge in [0.25, 0.3) is 0 Å². The minimum absolute atomic E-state index is 0.125. The van der Waals surface area contributed by atoms with Gasteiger partial charge in [-0.15, -0.1) is 0 Å². The highest BCUT2D eigenvalue weighted by molar-refractivity contribution is 5.77. The molecule has 0 saturated carbocycles. The molecule has 6 heteroatoms. The smallest absolute Gasteiger partial charge is 0.222 e. The lowest BCUT2D eigenvalue weighted by molar-refractivity contribution is -0.140. The van der Waals surface area contributed by atoms with E-state index in [4.69, 9.17) is 0 Å². The molecule has 0 bridgehead atoms. The fraction of sp³-hybridized carbons (Fsp3) is 0.667. The molecular weight excluding hydrogens is 340 g/mol. The average molecular weight is 373 g/mol. The summed E-state index contributed by atoms with van der Waals surface area (Å²) in [6.07, 6.45) is 6.20. The van der Waals surface area contributed by atoms with Gasteiger partial charge in [0.2, 0.25) is 11.8 Å². The van der Waals surface area contributed by atoms with Gasteiger partial charge in [-0.3, -0.25) is 14.6 Å². The number of pyridine rings is 1. The molecule has 2 aliphatic heterocycles. The third-order valence-electron chi connectivity index (χ3n) is 5.67. The largest absolute Gasteiger partial charge is 0.354 e. The highest BCUT2D eigenvalue weighted by Crippen LogP contribution is 2.39. The summed E-state index contributed by atoms with van der Waals surface area (Å²) in [5, 5.41) is 2.97. The predicted octanol–water partition coefficient (Wildman–Crippen LogP) is 2.20. The van der Waals surface area contributed by atoms with Crippen molar-refractivity contribution in [1.82, 2.24) is 20.1 Å². The molecule has 3 heterocycles. The van der Waals surface area contributed by atoms with E-state index in [1.165, 1.54) is 0 Å². The van der Waals surface area contributed by atoms with Gasteiger partial charge < -0.3 is 15.1 Å². The van der Waals surface area contributed by atoms with Crippen LogP contribution in [0.3, 0.4) is 0 Å². The van der Waals surface area contributed by atoms with Gasteiger partial charge in [-0.05, 0) is 51.8 Å². The van der Waals surface area contributed by atoms with Crippen molar-refractivity contribution in [1.29, 1.82) is 0 Å². The Labute approximate surface area is 162 Å². The lowest BCUT2D eigenvalue weighted by atomic mass is 9.73. The lowest BCUT2D eigenvalue weighted by Crippen LogP contribution is -2.54. The summed E-state index contributed by atoms with van der Waals surface area (Å²) in [5.74, 6) is 0.361. The van der Waals surface area contributed by atoms with Crippen LogP contribution >= 0.6 is 0 Å². The molecular formula is C21H32N4O2. The highest BCUT2D eigenvalue weighted by atomic mass is 16.2. The number of nitrogens with zero attached hydrogens (tertiary/aromatic N) is 3. The molecule has 1 N–H and O–H groups in total. The van der Waals surface area contributed by atoms with Crippen molar-refractivity contribution in [3.8, 4) is 0 Å². The van der Waals surface area contributed by atoms with Crippen LogP contribution in [-0.4, -0.2) is 58.8 Å². The number of carbonyl (C=O) groups excluding carboxylic acids is 2. The summed E-state index contributed by atoms with van der Waals surface area (Å²) in [5.41, 5.74) is 1.11. The van der Waals surface area contributed by atoms with Gasteiger partial charge in [-0.1, -0.05) is 6.07 Å². The molecule has 0 aromatic carbocycles. The van der Waals surface area contributed by atoms with Crippen LogP contribution in [0.5, 0.6) is 0 Å². The maximum absolute atomic E-state index is 12.5. The zero-order valence-corrected chi connectivity index (χ0v) is 16.6. The second-order valence-electron chi connectivity index (χ2n) is 8.42. The van der Waals surface area contributed by atoms with Crippen LogP contribution in [0.1, 0.15) is 51.6 Å². The van der Waals surface area contributed by atoms with Crippen LogP contribution < -0.4 is 5.32 Å². The Morgan fingerprint density at radius 2 is 2.15 bits per heavy atom. The molecule has 0 aliphatic carbocycles. The highest BCUT2D eigenvalue weighted by Gasteiger charge is 2.41. The van der Waals surface area contributed by atoms with Gasteiger partial charge >= 0.3 is 0 Å². The average Bonchev–Trinajstić information content (AvgIpc) is 2.64. The van der Waals surface area contributed by atoms with Crippen molar-refractivity contribution in [2.24, 2.45) is 5.41 Å². The molecule has 2 saturated heterocycles. The number of aromatic nitrogens is 1. The Bertz CT molecular complexity index is 649. The van der Waals surface area contributed by atoms with Crippen LogP contribution in [0.15, 0.2) is 24.4 Å². The summed E-state index contributed by atoms with van der Waals surface area (Å²) in [4.78, 5) is 33.2. The zero-order chi connectivity index (χ0) is 19.3. The first-order valence-corrected chi connectivity index (χ1v) is 10.2. The first kappa shape index (κ1) is 19.8. The first-order valence-electron chi connectivity index (χ1n) is 10.2. The Hall–Kier alpha value is -1.95. The fourth-order valence-corrected chi connectivity index (χ4v) is 4.42. The molecule has 2 fully saturated rings. The molecule has 1 aromatic rings. The van der Waals surface area contributed by atoms with Crippen LogP contribution in [-0.2, 0) is 16.1 Å². The van der Waals surface area contributed by atoms with E-state index in [-0.39, 0.29) is 23.3 Å². The number of rotatable bonds is 6. The maximum Gasteiger partial charge on any atom is 0.222 e. The number of hydrogen-bond donors (Lipinski definition) is 1. The molecule has 6 nitrogen and oxygen atoms in total. The van der Waals surface area contributed by atoms with Gasteiger partial charge in [0.05, 0.1) is 12.2 Å². The minimum atomic E-state index is 0.125. The molecule has 2 amide bonds. The van der Waals surface area contributed by atoms with Crippen molar-refractivity contribution >= 4 is 11.8 Å². The van der Waals surface area contributed by atoms with Gasteiger partial charge in [0, 0.05) is 50.1 Å². The third-order valence-corrected chi connectivity index (χ3v) is 5.67. The first-order chi connectivity index (χ1) is 13.0. The SMILES string of the molecule is CC(C)NC(=O)CCN1CCCC2(CCC(=O)N(Cc3ccccn3)C2)C1. The monoisotopic (exact) mass is 372 g/mol. The van der Waals surface area contributed by atoms with Crippen molar-refractivity contribution in [2.45, 2.75) is 58.5 Å². The quantitative estimate of drug-likeness (QED) is 0.831. The standard InChI is InChI=1S/C21H32N4O2/c1-17(2)23-19(26)8-13-24-12-5-9-21(15-24)10-7-20(27)25(16-21)14-18-6-3-4-11-22-18/h3-4,6,11,17H,5,7-10,12-16H2,1-2H3,(H,23,26).